The molecule has 1 fully saturated rings. The molecule has 6 nitrogen and oxygen atoms in total. The molecular weight excluding hydrogens is 214 g/mol. The number of hydrogen-bond donors (Lipinski definition) is 2. The zero-order valence-corrected chi connectivity index (χ0v) is 9.26. The number of carboxylic acids is 2. The number of carboxylic acid groups (broad SMARTS) is 2. The van der Waals surface area contributed by atoms with Crippen LogP contribution in [0.2, 0.25) is 0 Å². The summed E-state index contributed by atoms with van der Waals surface area (Å²) >= 11 is 0. The fourth-order valence-electron chi connectivity index (χ4n) is 1.99. The van der Waals surface area contributed by atoms with E-state index in [0.717, 1.165) is 0 Å². The first-order valence-corrected chi connectivity index (χ1v) is 5.23. The van der Waals surface area contributed by atoms with Crippen LogP contribution < -0.4 is 0 Å². The number of aliphatic carboxylic acids is 2. The van der Waals surface area contributed by atoms with E-state index in [1.807, 2.05) is 4.90 Å². The molecule has 92 valence electrons. The number of ether oxygens (including phenoxy) is 1. The van der Waals surface area contributed by atoms with Gasteiger partial charge in [-0.05, 0) is 13.0 Å². The lowest BCUT2D eigenvalue weighted by Gasteiger charge is -2.34. The van der Waals surface area contributed by atoms with Crippen molar-refractivity contribution < 1.29 is 24.5 Å². The zero-order chi connectivity index (χ0) is 12.1. The maximum Gasteiger partial charge on any atom is 0.308 e. The lowest BCUT2D eigenvalue weighted by molar-refractivity contribution is -0.157. The van der Waals surface area contributed by atoms with E-state index >= 15 is 0 Å². The lowest BCUT2D eigenvalue weighted by atomic mass is 9.85. The Hall–Kier alpha value is -1.14. The summed E-state index contributed by atoms with van der Waals surface area (Å²) in [5.74, 6) is -3.63. The second-order valence-corrected chi connectivity index (χ2v) is 3.97. The zero-order valence-electron chi connectivity index (χ0n) is 9.26. The number of methoxy groups -OCH3 is 1. The van der Waals surface area contributed by atoms with Crippen molar-refractivity contribution in [3.8, 4) is 0 Å². The molecule has 2 atom stereocenters. The van der Waals surface area contributed by atoms with Gasteiger partial charge in [-0.15, -0.1) is 0 Å². The van der Waals surface area contributed by atoms with E-state index in [4.69, 9.17) is 14.9 Å². The van der Waals surface area contributed by atoms with Gasteiger partial charge in [0, 0.05) is 20.2 Å². The van der Waals surface area contributed by atoms with Crippen LogP contribution in [0.15, 0.2) is 0 Å². The highest BCUT2D eigenvalue weighted by molar-refractivity contribution is 5.80. The molecule has 1 aliphatic heterocycles. The smallest absolute Gasteiger partial charge is 0.308 e. The van der Waals surface area contributed by atoms with Crippen LogP contribution in [0.5, 0.6) is 0 Å². The molecule has 0 aromatic rings. The number of piperidine rings is 1. The van der Waals surface area contributed by atoms with Crippen LogP contribution in [0.4, 0.5) is 0 Å². The van der Waals surface area contributed by atoms with Gasteiger partial charge < -0.3 is 19.8 Å². The predicted molar refractivity (Wildman–Crippen MR) is 55.2 cm³/mol. The minimum absolute atomic E-state index is 0.287. The predicted octanol–water partition coefficient (Wildman–Crippen LogP) is -0.260. The van der Waals surface area contributed by atoms with Gasteiger partial charge >= 0.3 is 11.9 Å². The highest BCUT2D eigenvalue weighted by atomic mass is 16.5. The van der Waals surface area contributed by atoms with Gasteiger partial charge in [0.2, 0.25) is 0 Å². The Morgan fingerprint density at radius 3 is 2.44 bits per heavy atom. The Morgan fingerprint density at radius 2 is 1.94 bits per heavy atom. The standard InChI is InChI=1S/C10H17NO5/c1-16-5-4-11-3-2-7(9(12)13)8(6-11)10(14)15/h7-8H,2-6H2,1H3,(H,12,13)(H,14,15). The van der Waals surface area contributed by atoms with Gasteiger partial charge in [0.05, 0.1) is 18.4 Å². The van der Waals surface area contributed by atoms with Gasteiger partial charge in [-0.1, -0.05) is 0 Å². The third-order valence-corrected chi connectivity index (χ3v) is 2.94. The second-order valence-electron chi connectivity index (χ2n) is 3.97. The molecular formula is C10H17NO5. The first-order valence-electron chi connectivity index (χ1n) is 5.23. The summed E-state index contributed by atoms with van der Waals surface area (Å²) in [6.07, 6.45) is 0.385. The molecule has 1 heterocycles. The third kappa shape index (κ3) is 3.18. The van der Waals surface area contributed by atoms with Crippen molar-refractivity contribution in [2.45, 2.75) is 6.42 Å². The van der Waals surface area contributed by atoms with Crippen LogP contribution >= 0.6 is 0 Å². The summed E-state index contributed by atoms with van der Waals surface area (Å²) in [5, 5.41) is 17.9. The molecule has 0 bridgehead atoms. The first kappa shape index (κ1) is 12.9. The molecule has 1 rings (SSSR count). The van der Waals surface area contributed by atoms with E-state index in [2.05, 4.69) is 0 Å². The summed E-state index contributed by atoms with van der Waals surface area (Å²) in [5.41, 5.74) is 0. The highest BCUT2D eigenvalue weighted by Crippen LogP contribution is 2.24. The van der Waals surface area contributed by atoms with Crippen molar-refractivity contribution in [2.75, 3.05) is 33.4 Å². The number of rotatable bonds is 5. The number of nitrogens with zero attached hydrogens (tertiary/aromatic N) is 1. The Kier molecular flexibility index (Phi) is 4.70. The Bertz CT molecular complexity index is 268. The fraction of sp³-hybridized carbons (Fsp3) is 0.800. The van der Waals surface area contributed by atoms with Crippen LogP contribution in [0.25, 0.3) is 0 Å². The van der Waals surface area contributed by atoms with Crippen molar-refractivity contribution in [1.29, 1.82) is 0 Å². The summed E-state index contributed by atoms with van der Waals surface area (Å²) in [4.78, 5) is 23.8. The van der Waals surface area contributed by atoms with Crippen LogP contribution in [-0.4, -0.2) is 60.4 Å². The molecule has 2 N–H and O–H groups in total. The Labute approximate surface area is 93.8 Å². The van der Waals surface area contributed by atoms with Crippen molar-refractivity contribution in [3.63, 3.8) is 0 Å². The summed E-state index contributed by atoms with van der Waals surface area (Å²) in [6, 6.07) is 0. The van der Waals surface area contributed by atoms with E-state index in [-0.39, 0.29) is 6.54 Å². The molecule has 6 heteroatoms. The molecule has 0 aromatic carbocycles. The molecule has 1 aliphatic rings. The topological polar surface area (TPSA) is 87.1 Å². The normalized spacial score (nSPS) is 26.6. The summed E-state index contributed by atoms with van der Waals surface area (Å²) in [6.45, 7) is 2.08. The average molecular weight is 231 g/mol. The maximum absolute atomic E-state index is 11.0. The van der Waals surface area contributed by atoms with Gasteiger partial charge in [-0.2, -0.15) is 0 Å². The lowest BCUT2D eigenvalue weighted by Crippen LogP contribution is -2.47. The van der Waals surface area contributed by atoms with Gasteiger partial charge in [0.1, 0.15) is 0 Å². The third-order valence-electron chi connectivity index (χ3n) is 2.94. The van der Waals surface area contributed by atoms with Crippen LogP contribution in [-0.2, 0) is 14.3 Å². The molecule has 0 spiro atoms. The Balaban J connectivity index is 2.58. The largest absolute Gasteiger partial charge is 0.481 e. The second kappa shape index (κ2) is 5.81. The fourth-order valence-corrected chi connectivity index (χ4v) is 1.99. The van der Waals surface area contributed by atoms with Crippen LogP contribution in [0.3, 0.4) is 0 Å². The van der Waals surface area contributed by atoms with Crippen molar-refractivity contribution >= 4 is 11.9 Å². The van der Waals surface area contributed by atoms with E-state index in [1.165, 1.54) is 0 Å². The van der Waals surface area contributed by atoms with Gasteiger partial charge in [0.25, 0.3) is 0 Å². The molecule has 1 saturated heterocycles. The molecule has 0 aromatic heterocycles. The summed E-state index contributed by atoms with van der Waals surface area (Å²) in [7, 11) is 1.58. The van der Waals surface area contributed by atoms with Crippen LogP contribution in [0.1, 0.15) is 6.42 Å². The van der Waals surface area contributed by atoms with E-state index in [0.29, 0.717) is 26.1 Å². The average Bonchev–Trinajstić information content (AvgIpc) is 2.25. The summed E-state index contributed by atoms with van der Waals surface area (Å²) < 4.78 is 4.91. The molecule has 0 radical (unpaired) electrons. The van der Waals surface area contributed by atoms with Gasteiger partial charge in [-0.3, -0.25) is 9.59 Å². The van der Waals surface area contributed by atoms with Crippen molar-refractivity contribution in [1.82, 2.24) is 4.90 Å². The quantitative estimate of drug-likeness (QED) is 0.678. The van der Waals surface area contributed by atoms with Gasteiger partial charge in [0.15, 0.2) is 0 Å². The SMILES string of the molecule is COCCN1CCC(C(=O)O)C(C(=O)O)C1. The van der Waals surface area contributed by atoms with Gasteiger partial charge in [-0.25, -0.2) is 0 Å². The minimum Gasteiger partial charge on any atom is -0.481 e. The minimum atomic E-state index is -1.03. The van der Waals surface area contributed by atoms with Crippen LogP contribution in [0, 0.1) is 11.8 Å². The molecule has 2 unspecified atom stereocenters. The monoisotopic (exact) mass is 231 g/mol. The molecule has 16 heavy (non-hydrogen) atoms. The maximum atomic E-state index is 11.0. The van der Waals surface area contributed by atoms with E-state index < -0.39 is 23.8 Å². The number of likely N-dealkylation sites (tertiary alicyclic amines) is 1. The van der Waals surface area contributed by atoms with E-state index in [1.54, 1.807) is 7.11 Å². The molecule has 0 saturated carbocycles. The van der Waals surface area contributed by atoms with Crippen molar-refractivity contribution in [2.24, 2.45) is 11.8 Å². The van der Waals surface area contributed by atoms with E-state index in [9.17, 15) is 9.59 Å². The Morgan fingerprint density at radius 1 is 1.31 bits per heavy atom. The van der Waals surface area contributed by atoms with Crippen molar-refractivity contribution in [3.05, 3.63) is 0 Å². The number of carbonyl (C=O) groups is 2. The first-order chi connectivity index (χ1) is 7.56. The molecule has 0 amide bonds. The molecule has 0 aliphatic carbocycles. The number of hydrogen-bond acceptors (Lipinski definition) is 4. The highest BCUT2D eigenvalue weighted by Gasteiger charge is 2.38.